The zero-order chi connectivity index (χ0) is 20.9. The summed E-state index contributed by atoms with van der Waals surface area (Å²) in [6, 6.07) is -0.912. The second-order valence-electron chi connectivity index (χ2n) is 6.22. The van der Waals surface area contributed by atoms with E-state index in [9.17, 15) is 9.59 Å². The number of aliphatic imine (C=N–C) groups is 1. The fourth-order valence-corrected chi connectivity index (χ4v) is 2.44. The van der Waals surface area contributed by atoms with Crippen molar-refractivity contribution in [2.45, 2.75) is 52.6 Å². The molecule has 2 unspecified atom stereocenters. The molecule has 0 fully saturated rings. The van der Waals surface area contributed by atoms with Gasteiger partial charge in [-0.3, -0.25) is 0 Å². The minimum atomic E-state index is -0.532. The summed E-state index contributed by atoms with van der Waals surface area (Å²) in [7, 11) is 2.69. The number of methoxy groups -OCH3 is 2. The summed E-state index contributed by atoms with van der Waals surface area (Å²) >= 11 is 17.9. The van der Waals surface area contributed by atoms with Crippen LogP contribution in [-0.2, 0) is 60.8 Å². The number of hydrogen-bond acceptors (Lipinski definition) is 8. The van der Waals surface area contributed by atoms with Gasteiger partial charge in [0.15, 0.2) is 0 Å². The van der Waals surface area contributed by atoms with Crippen molar-refractivity contribution >= 4 is 70.7 Å². The van der Waals surface area contributed by atoms with Crippen molar-refractivity contribution in [2.24, 2.45) is 16.8 Å². The number of esters is 2. The number of nitrogens with zero attached hydrogens (tertiary/aromatic N) is 1. The van der Waals surface area contributed by atoms with E-state index in [1.54, 1.807) is 0 Å². The van der Waals surface area contributed by atoms with Crippen molar-refractivity contribution in [3.8, 4) is 0 Å². The first-order valence-corrected chi connectivity index (χ1v) is 9.68. The normalized spacial score (nSPS) is 11.9. The molecular weight excluding hydrogens is 471 g/mol. The maximum atomic E-state index is 11.2. The average molecular weight is 499 g/mol. The minimum Gasteiger partial charge on any atom is -0.789 e. The Kier molecular flexibility index (Phi) is 20.8. The van der Waals surface area contributed by atoms with Gasteiger partial charge in [0, 0.05) is 0 Å². The van der Waals surface area contributed by atoms with Crippen molar-refractivity contribution in [2.75, 3.05) is 14.2 Å². The Morgan fingerprint density at radius 3 is 1.78 bits per heavy atom. The Bertz CT molecular complexity index is 487. The summed E-state index contributed by atoms with van der Waals surface area (Å²) in [5.41, 5.74) is 0. The second-order valence-corrected chi connectivity index (χ2v) is 8.41. The molecule has 0 heterocycles. The largest absolute Gasteiger partial charge is 2.00 e. The van der Waals surface area contributed by atoms with Crippen molar-refractivity contribution in [3.05, 3.63) is 0 Å². The van der Waals surface area contributed by atoms with Crippen LogP contribution in [0.3, 0.4) is 0 Å². The van der Waals surface area contributed by atoms with Gasteiger partial charge in [-0.1, -0.05) is 39.9 Å². The van der Waals surface area contributed by atoms with Crippen LogP contribution in [0.4, 0.5) is 0 Å². The monoisotopic (exact) mass is 498 g/mol. The van der Waals surface area contributed by atoms with Gasteiger partial charge in [0.1, 0.15) is 16.4 Å². The molecule has 6 nitrogen and oxygen atoms in total. The van der Waals surface area contributed by atoms with E-state index in [4.69, 9.17) is 12.2 Å². The molecule has 0 bridgehead atoms. The van der Waals surface area contributed by atoms with E-state index in [0.717, 1.165) is 0 Å². The molecule has 0 spiro atoms. The van der Waals surface area contributed by atoms with Crippen LogP contribution in [0.15, 0.2) is 4.99 Å². The quantitative estimate of drug-likeness (QED) is 0.100. The third-order valence-corrected chi connectivity index (χ3v) is 3.38. The Morgan fingerprint density at radius 2 is 1.48 bits per heavy atom. The first-order chi connectivity index (χ1) is 11.9. The predicted octanol–water partition coefficient (Wildman–Crippen LogP) is 2.40. The molecule has 0 aromatic rings. The maximum Gasteiger partial charge on any atom is 2.00 e. The van der Waals surface area contributed by atoms with Crippen LogP contribution in [0.25, 0.3) is 0 Å². The molecule has 0 aliphatic carbocycles. The number of nitrogens with one attached hydrogen (secondary N) is 1. The number of rotatable bonds is 8. The summed E-state index contributed by atoms with van der Waals surface area (Å²) in [5.74, 6) is 0.0856. The van der Waals surface area contributed by atoms with Crippen LogP contribution in [-0.4, -0.2) is 46.9 Å². The zero-order valence-electron chi connectivity index (χ0n) is 16.3. The van der Waals surface area contributed by atoms with E-state index >= 15 is 0 Å². The average Bonchev–Trinajstić information content (AvgIpc) is 2.50. The van der Waals surface area contributed by atoms with Crippen LogP contribution in [0.5, 0.6) is 0 Å². The number of ether oxygens (including phenoxy) is 2. The van der Waals surface area contributed by atoms with E-state index in [1.165, 1.54) is 14.2 Å². The van der Waals surface area contributed by atoms with Crippen molar-refractivity contribution in [3.63, 3.8) is 0 Å². The summed E-state index contributed by atoms with van der Waals surface area (Å²) < 4.78 is 9.59. The van der Waals surface area contributed by atoms with Gasteiger partial charge >= 0.3 is 28.4 Å². The molecule has 1 N–H and O–H groups in total. The first kappa shape index (κ1) is 31.5. The third kappa shape index (κ3) is 18.9. The molecule has 2 atom stereocenters. The molecule has 27 heavy (non-hydrogen) atoms. The molecule has 0 aliphatic rings. The van der Waals surface area contributed by atoms with Gasteiger partial charge in [0.25, 0.3) is 0 Å². The SMILES string of the molecule is COC(=O)C(CC(C)C)N=C([S-])[S-].COC(=O)C(CC(C)C)NC(=S)S.[Ni+2]. The molecule has 0 rings (SSSR count). The second kappa shape index (κ2) is 17.9. The number of thiocarbonyl (C=S) groups is 1. The van der Waals surface area contributed by atoms with E-state index in [2.05, 4.69) is 57.7 Å². The summed E-state index contributed by atoms with van der Waals surface area (Å²) in [6.07, 6.45) is 1.30. The maximum absolute atomic E-state index is 11.2. The van der Waals surface area contributed by atoms with Gasteiger partial charge in [0.05, 0.1) is 14.2 Å². The molecule has 0 saturated heterocycles. The standard InChI is InChI=1S/2C8H15NO2S2.Ni/c2*1-5(2)4-6(7(10)11-3)9-8(12)13;/h2*5-6H,4H2,1-3H3,(H2,9,12,13);/q;;+2/p-2. The first-order valence-electron chi connectivity index (χ1n) is 8.01. The molecule has 0 saturated carbocycles. The van der Waals surface area contributed by atoms with Crippen molar-refractivity contribution < 1.29 is 35.6 Å². The number of hydrogen-bond donors (Lipinski definition) is 2. The van der Waals surface area contributed by atoms with Crippen molar-refractivity contribution in [1.82, 2.24) is 5.32 Å². The van der Waals surface area contributed by atoms with Crippen LogP contribution in [0, 0.1) is 11.8 Å². The van der Waals surface area contributed by atoms with E-state index in [-0.39, 0.29) is 38.8 Å². The number of thiol groups is 1. The van der Waals surface area contributed by atoms with Gasteiger partial charge in [-0.05, 0) is 24.7 Å². The van der Waals surface area contributed by atoms with Crippen molar-refractivity contribution in [1.29, 1.82) is 0 Å². The Morgan fingerprint density at radius 1 is 1.04 bits per heavy atom. The molecule has 0 aromatic heterocycles. The zero-order valence-corrected chi connectivity index (χ0v) is 20.6. The Hall–Kier alpha value is -0.216. The molecule has 0 radical (unpaired) electrons. The molecule has 11 heteroatoms. The van der Waals surface area contributed by atoms with Crippen LogP contribution < -0.4 is 5.32 Å². The summed E-state index contributed by atoms with van der Waals surface area (Å²) in [5, 5.41) is 2.78. The predicted molar refractivity (Wildman–Crippen MR) is 117 cm³/mol. The van der Waals surface area contributed by atoms with Gasteiger partial charge in [-0.25, -0.2) is 14.0 Å². The molecule has 0 aromatic carbocycles. The fraction of sp³-hybridized carbons (Fsp3) is 0.750. The fourth-order valence-electron chi connectivity index (χ4n) is 1.89. The molecule has 0 aliphatic heterocycles. The van der Waals surface area contributed by atoms with Gasteiger partial charge < -0.3 is 45.0 Å². The Labute approximate surface area is 194 Å². The Balaban J connectivity index is -0.000000411. The van der Waals surface area contributed by atoms with Gasteiger partial charge in [-0.2, -0.15) is 0 Å². The topological polar surface area (TPSA) is 77.0 Å². The number of carbonyl (C=O) groups is 2. The minimum absolute atomic E-state index is 0. The van der Waals surface area contributed by atoms with Gasteiger partial charge in [0.2, 0.25) is 0 Å². The smallest absolute Gasteiger partial charge is 0.789 e. The molecule has 0 amide bonds. The third-order valence-electron chi connectivity index (χ3n) is 2.92. The van der Waals surface area contributed by atoms with Crippen LogP contribution >= 0.6 is 24.8 Å². The summed E-state index contributed by atoms with van der Waals surface area (Å²) in [4.78, 5) is 26.2. The molecule has 160 valence electrons. The molecular formula is C16H28N2NiO4S4. The summed E-state index contributed by atoms with van der Waals surface area (Å²) in [6.45, 7) is 8.05. The van der Waals surface area contributed by atoms with Crippen LogP contribution in [0.2, 0.25) is 0 Å². The number of carbonyl (C=O) groups excluding carboxylic acids is 2. The van der Waals surface area contributed by atoms with E-state index in [0.29, 0.717) is 29.0 Å². The van der Waals surface area contributed by atoms with Crippen LogP contribution in [0.1, 0.15) is 40.5 Å². The van der Waals surface area contributed by atoms with E-state index < -0.39 is 6.04 Å². The van der Waals surface area contributed by atoms with Gasteiger partial charge in [-0.15, -0.1) is 12.6 Å². The van der Waals surface area contributed by atoms with E-state index in [1.807, 2.05) is 27.7 Å².